The second-order valence-corrected chi connectivity index (χ2v) is 5.56. The summed E-state index contributed by atoms with van der Waals surface area (Å²) in [6.45, 7) is 1.50. The molecule has 0 radical (unpaired) electrons. The number of aryl methyl sites for hydroxylation is 1. The van der Waals surface area contributed by atoms with E-state index >= 15 is 0 Å². The highest BCUT2D eigenvalue weighted by atomic mass is 79.9. The van der Waals surface area contributed by atoms with Crippen LogP contribution in [0.15, 0.2) is 40.9 Å². The number of nitrogens with one attached hydrogen (secondary N) is 1. The number of hydrogen-bond donors (Lipinski definition) is 1. The highest BCUT2D eigenvalue weighted by Crippen LogP contribution is 2.23. The van der Waals surface area contributed by atoms with Gasteiger partial charge >= 0.3 is 0 Å². The molecule has 22 heavy (non-hydrogen) atoms. The van der Waals surface area contributed by atoms with E-state index in [1.165, 1.54) is 12.1 Å². The molecule has 0 spiro atoms. The van der Waals surface area contributed by atoms with Crippen LogP contribution in [0.5, 0.6) is 0 Å². The van der Waals surface area contributed by atoms with E-state index in [2.05, 4.69) is 21.2 Å². The summed E-state index contributed by atoms with van der Waals surface area (Å²) in [5.41, 5.74) is 0.402. The molecule has 5 nitrogen and oxygen atoms in total. The molecule has 114 valence electrons. The lowest BCUT2D eigenvalue weighted by Crippen LogP contribution is -2.24. The van der Waals surface area contributed by atoms with Gasteiger partial charge in [-0.05, 0) is 31.2 Å². The largest absolute Gasteiger partial charge is 0.348 e. The smallest absolute Gasteiger partial charge is 0.285 e. The molecular formula is C15H12BrFN2O3. The highest BCUT2D eigenvalue weighted by Gasteiger charge is 2.22. The van der Waals surface area contributed by atoms with E-state index in [4.69, 9.17) is 0 Å². The van der Waals surface area contributed by atoms with E-state index in [0.717, 1.165) is 0 Å². The maximum Gasteiger partial charge on any atom is 0.285 e. The lowest BCUT2D eigenvalue weighted by atomic mass is 10.1. The molecule has 0 aliphatic heterocycles. The first-order chi connectivity index (χ1) is 10.4. The zero-order valence-corrected chi connectivity index (χ0v) is 13.2. The lowest BCUT2D eigenvalue weighted by Gasteiger charge is -2.08. The van der Waals surface area contributed by atoms with Gasteiger partial charge < -0.3 is 5.32 Å². The molecule has 0 aliphatic rings. The molecule has 7 heteroatoms. The van der Waals surface area contributed by atoms with Crippen molar-refractivity contribution in [3.63, 3.8) is 0 Å². The predicted octanol–water partition coefficient (Wildman–Crippen LogP) is 3.73. The SMILES string of the molecule is Cc1cccc(C(=O)NCc2cc(Br)ccc2F)c1[N+](=O)[O-]. The van der Waals surface area contributed by atoms with Crippen LogP contribution in [0.2, 0.25) is 0 Å². The van der Waals surface area contributed by atoms with Gasteiger partial charge in [0.05, 0.1) is 4.92 Å². The van der Waals surface area contributed by atoms with E-state index < -0.39 is 16.6 Å². The van der Waals surface area contributed by atoms with Gasteiger partial charge in [-0.1, -0.05) is 28.1 Å². The third kappa shape index (κ3) is 3.48. The van der Waals surface area contributed by atoms with E-state index in [9.17, 15) is 19.3 Å². The molecule has 0 saturated carbocycles. The molecule has 0 saturated heterocycles. The van der Waals surface area contributed by atoms with Crippen molar-refractivity contribution in [2.45, 2.75) is 13.5 Å². The number of nitro groups is 1. The van der Waals surface area contributed by atoms with Crippen LogP contribution in [0.4, 0.5) is 10.1 Å². The Morgan fingerprint density at radius 1 is 1.36 bits per heavy atom. The van der Waals surface area contributed by atoms with Crippen LogP contribution < -0.4 is 5.32 Å². The Labute approximate surface area is 134 Å². The van der Waals surface area contributed by atoms with Crippen molar-refractivity contribution in [2.24, 2.45) is 0 Å². The Kier molecular flexibility index (Phi) is 4.87. The fourth-order valence-corrected chi connectivity index (χ4v) is 2.44. The third-order valence-corrected chi connectivity index (χ3v) is 3.61. The van der Waals surface area contributed by atoms with Crippen LogP contribution in [-0.2, 0) is 6.54 Å². The molecule has 1 N–H and O–H groups in total. The fourth-order valence-electron chi connectivity index (χ4n) is 2.03. The number of benzene rings is 2. The summed E-state index contributed by atoms with van der Waals surface area (Å²) < 4.78 is 14.3. The van der Waals surface area contributed by atoms with Gasteiger partial charge in [0.25, 0.3) is 11.6 Å². The molecule has 0 bridgehead atoms. The van der Waals surface area contributed by atoms with Gasteiger partial charge in [0.15, 0.2) is 0 Å². The zero-order valence-electron chi connectivity index (χ0n) is 11.6. The van der Waals surface area contributed by atoms with Crippen LogP contribution >= 0.6 is 15.9 Å². The average Bonchev–Trinajstić information content (AvgIpc) is 2.47. The van der Waals surface area contributed by atoms with E-state index in [1.807, 2.05) is 0 Å². The summed E-state index contributed by atoms with van der Waals surface area (Å²) in [5.74, 6) is -1.07. The van der Waals surface area contributed by atoms with Crippen LogP contribution in [0, 0.1) is 22.9 Å². The van der Waals surface area contributed by atoms with Crippen LogP contribution in [-0.4, -0.2) is 10.8 Å². The second kappa shape index (κ2) is 6.65. The number of rotatable bonds is 4. The summed E-state index contributed by atoms with van der Waals surface area (Å²) in [7, 11) is 0. The first-order valence-electron chi connectivity index (χ1n) is 6.36. The van der Waals surface area contributed by atoms with Crippen molar-refractivity contribution < 1.29 is 14.1 Å². The van der Waals surface area contributed by atoms with Gasteiger partial charge in [-0.3, -0.25) is 14.9 Å². The van der Waals surface area contributed by atoms with E-state index in [-0.39, 0.29) is 23.4 Å². The Morgan fingerprint density at radius 2 is 2.09 bits per heavy atom. The van der Waals surface area contributed by atoms with Gasteiger partial charge in [0.1, 0.15) is 11.4 Å². The van der Waals surface area contributed by atoms with Crippen molar-refractivity contribution in [3.05, 3.63) is 73.5 Å². The maximum absolute atomic E-state index is 13.6. The lowest BCUT2D eigenvalue weighted by molar-refractivity contribution is -0.385. The standard InChI is InChI=1S/C15H12BrFN2O3/c1-9-3-2-4-12(14(9)19(21)22)15(20)18-8-10-7-11(16)5-6-13(10)17/h2-7H,8H2,1H3,(H,18,20). The Hall–Kier alpha value is -2.28. The van der Waals surface area contributed by atoms with Gasteiger partial charge in [-0.15, -0.1) is 0 Å². The number of amides is 1. The minimum Gasteiger partial charge on any atom is -0.348 e. The van der Waals surface area contributed by atoms with Crippen molar-refractivity contribution in [1.29, 1.82) is 0 Å². The van der Waals surface area contributed by atoms with Crippen molar-refractivity contribution >= 4 is 27.5 Å². The molecule has 0 unspecified atom stereocenters. The molecule has 0 aromatic heterocycles. The number of carbonyl (C=O) groups excluding carboxylic acids is 1. The summed E-state index contributed by atoms with van der Waals surface area (Å²) in [6.07, 6.45) is 0. The third-order valence-electron chi connectivity index (χ3n) is 3.11. The number of nitro benzene ring substituents is 1. The number of carbonyl (C=O) groups is 1. The first kappa shape index (κ1) is 16.1. The summed E-state index contributed by atoms with van der Waals surface area (Å²) in [5, 5.41) is 13.6. The van der Waals surface area contributed by atoms with Crippen molar-refractivity contribution in [3.8, 4) is 0 Å². The number of hydrogen-bond acceptors (Lipinski definition) is 3. The normalized spacial score (nSPS) is 10.3. The van der Waals surface area contributed by atoms with Gasteiger partial charge in [-0.25, -0.2) is 4.39 Å². The topological polar surface area (TPSA) is 72.2 Å². The Bertz CT molecular complexity index is 750. The number of halogens is 2. The average molecular weight is 367 g/mol. The van der Waals surface area contributed by atoms with Crippen molar-refractivity contribution in [2.75, 3.05) is 0 Å². The maximum atomic E-state index is 13.6. The first-order valence-corrected chi connectivity index (χ1v) is 7.15. The molecule has 0 heterocycles. The Balaban J connectivity index is 2.22. The minimum absolute atomic E-state index is 0.0413. The number of nitrogens with zero attached hydrogens (tertiary/aromatic N) is 1. The minimum atomic E-state index is -0.616. The molecule has 0 aliphatic carbocycles. The zero-order chi connectivity index (χ0) is 16.3. The van der Waals surface area contributed by atoms with Crippen LogP contribution in [0.1, 0.15) is 21.5 Å². The van der Waals surface area contributed by atoms with Gasteiger partial charge in [0.2, 0.25) is 0 Å². The van der Waals surface area contributed by atoms with Gasteiger partial charge in [-0.2, -0.15) is 0 Å². The molecule has 0 atom stereocenters. The van der Waals surface area contributed by atoms with Gasteiger partial charge in [0, 0.05) is 22.1 Å². The van der Waals surface area contributed by atoms with E-state index in [0.29, 0.717) is 10.0 Å². The quantitative estimate of drug-likeness (QED) is 0.661. The summed E-state index contributed by atoms with van der Waals surface area (Å²) >= 11 is 3.22. The predicted molar refractivity (Wildman–Crippen MR) is 83.1 cm³/mol. The second-order valence-electron chi connectivity index (χ2n) is 4.65. The van der Waals surface area contributed by atoms with Crippen LogP contribution in [0.3, 0.4) is 0 Å². The molecule has 2 aromatic carbocycles. The molecule has 2 rings (SSSR count). The van der Waals surface area contributed by atoms with E-state index in [1.54, 1.807) is 31.2 Å². The molecule has 2 aromatic rings. The Morgan fingerprint density at radius 3 is 2.77 bits per heavy atom. The molecular weight excluding hydrogens is 355 g/mol. The number of para-hydroxylation sites is 1. The fraction of sp³-hybridized carbons (Fsp3) is 0.133. The monoisotopic (exact) mass is 366 g/mol. The molecule has 0 fully saturated rings. The highest BCUT2D eigenvalue weighted by molar-refractivity contribution is 9.10. The molecule has 1 amide bonds. The van der Waals surface area contributed by atoms with Crippen LogP contribution in [0.25, 0.3) is 0 Å². The summed E-state index contributed by atoms with van der Waals surface area (Å²) in [6, 6.07) is 8.87. The summed E-state index contributed by atoms with van der Waals surface area (Å²) in [4.78, 5) is 22.6. The van der Waals surface area contributed by atoms with Crippen molar-refractivity contribution in [1.82, 2.24) is 5.32 Å².